The molecule has 5 nitrogen and oxygen atoms in total. The van der Waals surface area contributed by atoms with Gasteiger partial charge in [-0.1, -0.05) is 29.8 Å². The van der Waals surface area contributed by atoms with E-state index in [0.29, 0.717) is 0 Å². The SMILES string of the molecule is Cc1cc(C)c(C2=C3C=CC(=N3)c3ccc([nH]3)C(c3ccc(N(C)C)cc3)=c3ccc([nH]3)=C3C=CC2=N3)c(C)c1. The molecule has 196 valence electrons. The summed E-state index contributed by atoms with van der Waals surface area (Å²) in [5.74, 6) is 0. The Balaban J connectivity index is 1.51. The number of anilines is 1. The Morgan fingerprint density at radius 2 is 1.25 bits per heavy atom. The number of aliphatic imine (C=N–C) groups is 2. The third-order valence-electron chi connectivity index (χ3n) is 7.85. The minimum absolute atomic E-state index is 0.916. The summed E-state index contributed by atoms with van der Waals surface area (Å²) >= 11 is 0. The fourth-order valence-electron chi connectivity index (χ4n) is 6.03. The minimum Gasteiger partial charge on any atom is -0.378 e. The number of rotatable bonds is 3. The lowest BCUT2D eigenvalue weighted by Crippen LogP contribution is -2.16. The topological polar surface area (TPSA) is 59.5 Å². The molecule has 0 fully saturated rings. The summed E-state index contributed by atoms with van der Waals surface area (Å²) in [5, 5.41) is 2.02. The zero-order valence-corrected chi connectivity index (χ0v) is 23.4. The Bertz CT molecular complexity index is 1960. The zero-order chi connectivity index (χ0) is 27.5. The smallest absolute Gasteiger partial charge is 0.0872 e. The van der Waals surface area contributed by atoms with E-state index < -0.39 is 0 Å². The predicted octanol–water partition coefficient (Wildman–Crippen LogP) is 5.48. The monoisotopic (exact) mass is 521 g/mol. The van der Waals surface area contributed by atoms with Gasteiger partial charge in [-0.2, -0.15) is 0 Å². The number of nitrogens with one attached hydrogen (secondary N) is 2. The van der Waals surface area contributed by atoms with Crippen LogP contribution >= 0.6 is 0 Å². The fraction of sp³-hybridized carbons (Fsp3) is 0.143. The second-order valence-electron chi connectivity index (χ2n) is 11.0. The second kappa shape index (κ2) is 9.09. The molecule has 5 heterocycles. The van der Waals surface area contributed by atoms with Gasteiger partial charge in [-0.25, -0.2) is 9.98 Å². The van der Waals surface area contributed by atoms with Crippen molar-refractivity contribution in [3.8, 4) is 0 Å². The largest absolute Gasteiger partial charge is 0.378 e. The van der Waals surface area contributed by atoms with Crippen molar-refractivity contribution in [2.75, 3.05) is 19.0 Å². The number of benzene rings is 2. The predicted molar refractivity (Wildman–Crippen MR) is 166 cm³/mol. The first-order chi connectivity index (χ1) is 19.4. The normalized spacial score (nSPS) is 15.5. The average Bonchev–Trinajstić information content (AvgIpc) is 3.73. The lowest BCUT2D eigenvalue weighted by molar-refractivity contribution is 1.13. The van der Waals surface area contributed by atoms with E-state index in [1.165, 1.54) is 22.3 Å². The number of aromatic amines is 2. The number of nitrogens with zero attached hydrogens (tertiary/aromatic N) is 3. The van der Waals surface area contributed by atoms with Gasteiger partial charge in [-0.05, 0) is 104 Å². The lowest BCUT2D eigenvalue weighted by atomic mass is 9.90. The van der Waals surface area contributed by atoms with Crippen LogP contribution in [0.5, 0.6) is 0 Å². The fourth-order valence-corrected chi connectivity index (χ4v) is 6.03. The van der Waals surface area contributed by atoms with Crippen molar-refractivity contribution in [1.29, 1.82) is 0 Å². The van der Waals surface area contributed by atoms with E-state index in [9.17, 15) is 0 Å². The third kappa shape index (κ3) is 3.93. The van der Waals surface area contributed by atoms with Crippen LogP contribution in [-0.2, 0) is 0 Å². The van der Waals surface area contributed by atoms with E-state index in [1.807, 2.05) is 0 Å². The van der Waals surface area contributed by atoms with Gasteiger partial charge < -0.3 is 14.9 Å². The number of hydrogen-bond donors (Lipinski definition) is 2. The average molecular weight is 522 g/mol. The maximum Gasteiger partial charge on any atom is 0.0872 e. The molecule has 3 aliphatic heterocycles. The van der Waals surface area contributed by atoms with Gasteiger partial charge in [0.2, 0.25) is 0 Å². The van der Waals surface area contributed by atoms with Gasteiger partial charge in [0.1, 0.15) is 0 Å². The Morgan fingerprint density at radius 3 is 2.00 bits per heavy atom. The van der Waals surface area contributed by atoms with Crippen LogP contribution in [0.15, 0.2) is 101 Å². The van der Waals surface area contributed by atoms with Gasteiger partial charge in [0.25, 0.3) is 0 Å². The highest BCUT2D eigenvalue weighted by Gasteiger charge is 2.23. The molecule has 7 rings (SSSR count). The molecular weight excluding hydrogens is 490 g/mol. The third-order valence-corrected chi connectivity index (χ3v) is 7.85. The summed E-state index contributed by atoms with van der Waals surface area (Å²) in [4.78, 5) is 19.8. The Labute approximate surface area is 234 Å². The molecular formula is C35H31N5. The lowest BCUT2D eigenvalue weighted by Gasteiger charge is -2.16. The standard InChI is InChI=1S/C35H31N5/c1-20-18-21(2)33(22(3)19-20)35-31-16-12-27(38-31)25-10-14-29(36-25)34(23-6-8-24(9-7-23)40(4)5)30-15-11-26(37-30)28-13-17-32(35)39-28/h6-19,36-37H,1-5H3. The molecule has 3 aliphatic rings. The maximum atomic E-state index is 5.15. The molecule has 0 amide bonds. The highest BCUT2D eigenvalue weighted by atomic mass is 15.1. The van der Waals surface area contributed by atoms with E-state index in [4.69, 9.17) is 9.98 Å². The van der Waals surface area contributed by atoms with Crippen LogP contribution in [-0.4, -0.2) is 35.5 Å². The Kier molecular flexibility index (Phi) is 5.49. The molecule has 40 heavy (non-hydrogen) atoms. The number of fused-ring (bicyclic) bond motifs is 7. The van der Waals surface area contributed by atoms with Crippen LogP contribution in [0.2, 0.25) is 0 Å². The molecule has 8 bridgehead atoms. The van der Waals surface area contributed by atoms with E-state index in [2.05, 4.69) is 135 Å². The Morgan fingerprint density at radius 1 is 0.600 bits per heavy atom. The van der Waals surface area contributed by atoms with E-state index in [1.54, 1.807) is 0 Å². The van der Waals surface area contributed by atoms with Crippen LogP contribution in [0.25, 0.3) is 16.8 Å². The van der Waals surface area contributed by atoms with Crippen LogP contribution < -0.4 is 15.6 Å². The molecule has 2 aromatic carbocycles. The van der Waals surface area contributed by atoms with Crippen LogP contribution in [0.3, 0.4) is 0 Å². The summed E-state index contributed by atoms with van der Waals surface area (Å²) in [7, 11) is 4.12. The molecule has 5 heteroatoms. The Hall–Kier alpha value is -4.90. The number of aryl methyl sites for hydroxylation is 3. The zero-order valence-electron chi connectivity index (χ0n) is 23.4. The van der Waals surface area contributed by atoms with Crippen LogP contribution in [0, 0.1) is 20.8 Å². The van der Waals surface area contributed by atoms with E-state index >= 15 is 0 Å². The number of hydrogen-bond acceptors (Lipinski definition) is 3. The van der Waals surface area contributed by atoms with Crippen molar-refractivity contribution in [3.63, 3.8) is 0 Å². The summed E-state index contributed by atoms with van der Waals surface area (Å²) in [6, 6.07) is 21.7. The first-order valence-electron chi connectivity index (χ1n) is 13.6. The quantitative estimate of drug-likeness (QED) is 0.368. The van der Waals surface area contributed by atoms with Gasteiger partial charge in [0, 0.05) is 42.0 Å². The van der Waals surface area contributed by atoms with Gasteiger partial charge in [-0.15, -0.1) is 0 Å². The molecule has 0 saturated carbocycles. The number of H-pyrrole nitrogens is 2. The van der Waals surface area contributed by atoms with Crippen molar-refractivity contribution in [2.45, 2.75) is 20.8 Å². The molecule has 2 aromatic heterocycles. The molecule has 2 N–H and O–H groups in total. The maximum absolute atomic E-state index is 5.15. The second-order valence-corrected chi connectivity index (χ2v) is 11.0. The van der Waals surface area contributed by atoms with Gasteiger partial charge in [0.15, 0.2) is 0 Å². The minimum atomic E-state index is 0.916. The molecule has 0 unspecified atom stereocenters. The van der Waals surface area contributed by atoms with Crippen LogP contribution in [0.4, 0.5) is 5.69 Å². The number of aromatic nitrogens is 2. The van der Waals surface area contributed by atoms with Crippen molar-refractivity contribution in [1.82, 2.24) is 9.97 Å². The van der Waals surface area contributed by atoms with E-state index in [-0.39, 0.29) is 0 Å². The molecule has 4 aromatic rings. The van der Waals surface area contributed by atoms with Crippen molar-refractivity contribution >= 4 is 34.0 Å². The summed E-state index contributed by atoms with van der Waals surface area (Å²) in [6.45, 7) is 6.50. The molecule has 0 aliphatic carbocycles. The highest BCUT2D eigenvalue weighted by Crippen LogP contribution is 2.34. The van der Waals surface area contributed by atoms with E-state index in [0.717, 1.165) is 67.3 Å². The van der Waals surface area contributed by atoms with Crippen molar-refractivity contribution in [2.24, 2.45) is 9.98 Å². The summed E-state index contributed by atoms with van der Waals surface area (Å²) in [6.07, 6.45) is 8.44. The highest BCUT2D eigenvalue weighted by molar-refractivity contribution is 6.34. The van der Waals surface area contributed by atoms with Crippen molar-refractivity contribution < 1.29 is 0 Å². The molecule has 0 radical (unpaired) electrons. The molecule has 0 atom stereocenters. The molecule has 0 saturated heterocycles. The first kappa shape index (κ1) is 24.2. The summed E-state index contributed by atoms with van der Waals surface area (Å²) < 4.78 is 0. The summed E-state index contributed by atoms with van der Waals surface area (Å²) in [5.41, 5.74) is 15.1. The first-order valence-corrected chi connectivity index (χ1v) is 13.6. The van der Waals surface area contributed by atoms with Gasteiger partial charge >= 0.3 is 0 Å². The van der Waals surface area contributed by atoms with Crippen LogP contribution in [0.1, 0.15) is 39.2 Å². The van der Waals surface area contributed by atoms with Crippen molar-refractivity contribution in [3.05, 3.63) is 141 Å². The molecule has 0 spiro atoms. The number of allylic oxidation sites excluding steroid dienone is 4. The van der Waals surface area contributed by atoms with Gasteiger partial charge in [0.05, 0.1) is 33.9 Å². The van der Waals surface area contributed by atoms with Gasteiger partial charge in [-0.3, -0.25) is 0 Å².